The molecule has 1 aliphatic carbocycles. The average molecular weight is 283 g/mol. The highest BCUT2D eigenvalue weighted by Gasteiger charge is 2.13. The maximum absolute atomic E-state index is 5.90. The van der Waals surface area contributed by atoms with Crippen LogP contribution in [0.25, 0.3) is 0 Å². The Labute approximate surface area is 125 Å². The number of nitrogen functional groups attached to an aromatic ring is 1. The van der Waals surface area contributed by atoms with E-state index in [0.29, 0.717) is 18.9 Å². The summed E-state index contributed by atoms with van der Waals surface area (Å²) in [5.41, 5.74) is 9.25. The van der Waals surface area contributed by atoms with Crippen molar-refractivity contribution in [3.05, 3.63) is 53.6 Å². The Bertz CT molecular complexity index is 610. The summed E-state index contributed by atoms with van der Waals surface area (Å²) in [5.74, 6) is 1.80. The average Bonchev–Trinajstić information content (AvgIpc) is 2.52. The van der Waals surface area contributed by atoms with E-state index in [4.69, 9.17) is 15.2 Å². The summed E-state index contributed by atoms with van der Waals surface area (Å²) >= 11 is 0. The highest BCUT2D eigenvalue weighted by atomic mass is 16.5. The first-order valence-corrected chi connectivity index (χ1v) is 7.55. The predicted octanol–water partition coefficient (Wildman–Crippen LogP) is 3.61. The maximum atomic E-state index is 5.90. The Balaban J connectivity index is 1.54. The van der Waals surface area contributed by atoms with E-state index in [9.17, 15) is 0 Å². The number of hydrogen-bond acceptors (Lipinski definition) is 3. The molecule has 0 saturated heterocycles. The number of anilines is 1. The molecule has 110 valence electrons. The van der Waals surface area contributed by atoms with Gasteiger partial charge in [-0.15, -0.1) is 0 Å². The van der Waals surface area contributed by atoms with Gasteiger partial charge in [0.15, 0.2) is 0 Å². The Kier molecular flexibility index (Phi) is 4.29. The minimum Gasteiger partial charge on any atom is -0.490 e. The van der Waals surface area contributed by atoms with Crippen LogP contribution in [0.1, 0.15) is 24.0 Å². The van der Waals surface area contributed by atoms with E-state index in [1.54, 1.807) is 0 Å². The lowest BCUT2D eigenvalue weighted by Crippen LogP contribution is -2.12. The first-order valence-electron chi connectivity index (χ1n) is 7.55. The first-order chi connectivity index (χ1) is 10.3. The van der Waals surface area contributed by atoms with Crippen molar-refractivity contribution in [3.8, 4) is 11.5 Å². The van der Waals surface area contributed by atoms with Gasteiger partial charge >= 0.3 is 0 Å². The lowest BCUT2D eigenvalue weighted by Gasteiger charge is -2.19. The van der Waals surface area contributed by atoms with Crippen LogP contribution in [0, 0.1) is 0 Å². The highest BCUT2D eigenvalue weighted by Crippen LogP contribution is 2.29. The molecule has 0 heterocycles. The van der Waals surface area contributed by atoms with Crippen molar-refractivity contribution < 1.29 is 9.47 Å². The van der Waals surface area contributed by atoms with Gasteiger partial charge in [0.2, 0.25) is 0 Å². The van der Waals surface area contributed by atoms with Crippen molar-refractivity contribution >= 4 is 5.69 Å². The summed E-state index contributed by atoms with van der Waals surface area (Å²) in [6, 6.07) is 13.8. The molecule has 0 amide bonds. The fourth-order valence-electron chi connectivity index (χ4n) is 2.80. The van der Waals surface area contributed by atoms with E-state index in [-0.39, 0.29) is 0 Å². The molecule has 2 aromatic carbocycles. The smallest absolute Gasteiger partial charge is 0.122 e. The van der Waals surface area contributed by atoms with Gasteiger partial charge in [-0.3, -0.25) is 0 Å². The van der Waals surface area contributed by atoms with Gasteiger partial charge < -0.3 is 15.2 Å². The van der Waals surface area contributed by atoms with Crippen molar-refractivity contribution in [2.24, 2.45) is 0 Å². The highest BCUT2D eigenvalue weighted by molar-refractivity contribution is 5.43. The standard InChI is InChI=1S/C18H21NO2/c19-15-7-4-8-16(13-15)20-11-12-21-18-10-3-6-14-5-1-2-9-17(14)18/h3-4,6-8,10,13H,1-2,5,9,11-12,19H2. The number of nitrogens with two attached hydrogens (primary N) is 1. The lowest BCUT2D eigenvalue weighted by atomic mass is 9.91. The molecule has 0 saturated carbocycles. The second-order valence-corrected chi connectivity index (χ2v) is 5.37. The van der Waals surface area contributed by atoms with Crippen molar-refractivity contribution in [3.63, 3.8) is 0 Å². The van der Waals surface area contributed by atoms with Crippen LogP contribution in [-0.2, 0) is 12.8 Å². The molecular formula is C18H21NO2. The minimum absolute atomic E-state index is 0.521. The Morgan fingerprint density at radius 3 is 2.62 bits per heavy atom. The second kappa shape index (κ2) is 6.53. The van der Waals surface area contributed by atoms with Crippen LogP contribution in [0.2, 0.25) is 0 Å². The molecule has 0 aromatic heterocycles. The minimum atomic E-state index is 0.521. The van der Waals surface area contributed by atoms with Crippen LogP contribution < -0.4 is 15.2 Å². The third kappa shape index (κ3) is 3.48. The van der Waals surface area contributed by atoms with Crippen LogP contribution in [-0.4, -0.2) is 13.2 Å². The van der Waals surface area contributed by atoms with Crippen molar-refractivity contribution in [2.45, 2.75) is 25.7 Å². The molecule has 0 bridgehead atoms. The first kappa shape index (κ1) is 13.8. The SMILES string of the molecule is Nc1cccc(OCCOc2cccc3c2CCCC3)c1. The molecule has 3 rings (SSSR count). The molecule has 3 nitrogen and oxygen atoms in total. The number of aryl methyl sites for hydroxylation is 1. The molecule has 0 radical (unpaired) electrons. The van der Waals surface area contributed by atoms with E-state index in [1.165, 1.54) is 30.4 Å². The topological polar surface area (TPSA) is 44.5 Å². The van der Waals surface area contributed by atoms with Crippen LogP contribution in [0.15, 0.2) is 42.5 Å². The number of ether oxygens (including phenoxy) is 2. The van der Waals surface area contributed by atoms with Crippen LogP contribution in [0.4, 0.5) is 5.69 Å². The quantitative estimate of drug-likeness (QED) is 0.673. The lowest BCUT2D eigenvalue weighted by molar-refractivity contribution is 0.215. The fourth-order valence-corrected chi connectivity index (χ4v) is 2.80. The normalized spacial score (nSPS) is 13.5. The number of rotatable bonds is 5. The predicted molar refractivity (Wildman–Crippen MR) is 84.9 cm³/mol. The van der Waals surface area contributed by atoms with Gasteiger partial charge in [0.1, 0.15) is 24.7 Å². The number of hydrogen-bond donors (Lipinski definition) is 1. The van der Waals surface area contributed by atoms with Gasteiger partial charge in [0.05, 0.1) is 0 Å². The van der Waals surface area contributed by atoms with Gasteiger partial charge in [-0.25, -0.2) is 0 Å². The van der Waals surface area contributed by atoms with Crippen molar-refractivity contribution in [1.82, 2.24) is 0 Å². The van der Waals surface area contributed by atoms with Gasteiger partial charge in [-0.05, 0) is 55.0 Å². The van der Waals surface area contributed by atoms with Crippen molar-refractivity contribution in [1.29, 1.82) is 0 Å². The van der Waals surface area contributed by atoms with Gasteiger partial charge in [-0.1, -0.05) is 18.2 Å². The maximum Gasteiger partial charge on any atom is 0.122 e. The van der Waals surface area contributed by atoms with Gasteiger partial charge in [0.25, 0.3) is 0 Å². The largest absolute Gasteiger partial charge is 0.490 e. The van der Waals surface area contributed by atoms with E-state index in [1.807, 2.05) is 24.3 Å². The molecular weight excluding hydrogens is 262 g/mol. The summed E-state index contributed by atoms with van der Waals surface area (Å²) < 4.78 is 11.5. The summed E-state index contributed by atoms with van der Waals surface area (Å²) in [7, 11) is 0. The van der Waals surface area contributed by atoms with Crippen LogP contribution in [0.5, 0.6) is 11.5 Å². The fraction of sp³-hybridized carbons (Fsp3) is 0.333. The molecule has 2 aromatic rings. The van der Waals surface area contributed by atoms with E-state index >= 15 is 0 Å². The molecule has 1 aliphatic rings. The summed E-state index contributed by atoms with van der Waals surface area (Å²) in [6.45, 7) is 1.07. The number of fused-ring (bicyclic) bond motifs is 1. The Morgan fingerprint density at radius 2 is 1.71 bits per heavy atom. The molecule has 0 fully saturated rings. The third-order valence-corrected chi connectivity index (χ3v) is 3.82. The zero-order valence-electron chi connectivity index (χ0n) is 12.2. The molecule has 0 aliphatic heterocycles. The van der Waals surface area contributed by atoms with Gasteiger partial charge in [0, 0.05) is 11.8 Å². The summed E-state index contributed by atoms with van der Waals surface area (Å²) in [6.07, 6.45) is 4.84. The Morgan fingerprint density at radius 1 is 0.905 bits per heavy atom. The van der Waals surface area contributed by atoms with Crippen molar-refractivity contribution in [2.75, 3.05) is 18.9 Å². The van der Waals surface area contributed by atoms with E-state index in [2.05, 4.69) is 18.2 Å². The molecule has 21 heavy (non-hydrogen) atoms. The zero-order valence-corrected chi connectivity index (χ0v) is 12.2. The Hall–Kier alpha value is -2.16. The molecule has 0 atom stereocenters. The summed E-state index contributed by atoms with van der Waals surface area (Å²) in [4.78, 5) is 0. The van der Waals surface area contributed by atoms with E-state index in [0.717, 1.165) is 17.9 Å². The van der Waals surface area contributed by atoms with Crippen LogP contribution >= 0.6 is 0 Å². The van der Waals surface area contributed by atoms with E-state index < -0.39 is 0 Å². The molecule has 3 heteroatoms. The zero-order chi connectivity index (χ0) is 14.5. The number of benzene rings is 2. The monoisotopic (exact) mass is 283 g/mol. The molecule has 2 N–H and O–H groups in total. The van der Waals surface area contributed by atoms with Gasteiger partial charge in [-0.2, -0.15) is 0 Å². The second-order valence-electron chi connectivity index (χ2n) is 5.37. The summed E-state index contributed by atoms with van der Waals surface area (Å²) in [5, 5.41) is 0. The third-order valence-electron chi connectivity index (χ3n) is 3.82. The molecule has 0 spiro atoms. The van der Waals surface area contributed by atoms with Crippen LogP contribution in [0.3, 0.4) is 0 Å². The molecule has 0 unspecified atom stereocenters.